The van der Waals surface area contributed by atoms with E-state index in [1.807, 2.05) is 68.0 Å². The van der Waals surface area contributed by atoms with Gasteiger partial charge in [-0.2, -0.15) is 0 Å². The molecule has 0 bridgehead atoms. The molecule has 3 saturated heterocycles. The monoisotopic (exact) mass is 873 g/mol. The van der Waals surface area contributed by atoms with E-state index in [1.165, 1.54) is 0 Å². The molecule has 2 aliphatic carbocycles. The van der Waals surface area contributed by atoms with Gasteiger partial charge in [-0.25, -0.2) is 0 Å². The zero-order valence-electron chi connectivity index (χ0n) is 36.9. The van der Waals surface area contributed by atoms with Crippen molar-refractivity contribution in [3.05, 3.63) is 72.1 Å². The van der Waals surface area contributed by atoms with Gasteiger partial charge in [-0.1, -0.05) is 62.1 Å². The van der Waals surface area contributed by atoms with Gasteiger partial charge in [0.15, 0.2) is 0 Å². The zero-order valence-corrected chi connectivity index (χ0v) is 36.9. The molecule has 5 heterocycles. The highest BCUT2D eigenvalue weighted by Crippen LogP contribution is 2.41. The van der Waals surface area contributed by atoms with E-state index in [-0.39, 0.29) is 36.6 Å². The van der Waals surface area contributed by atoms with E-state index in [1.54, 1.807) is 9.80 Å². The van der Waals surface area contributed by atoms with Crippen LogP contribution in [-0.4, -0.2) is 117 Å². The molecule has 2 saturated carbocycles. The molecule has 9 rings (SSSR count). The lowest BCUT2D eigenvalue weighted by Gasteiger charge is -2.38. The summed E-state index contributed by atoms with van der Waals surface area (Å²) in [6, 6.07) is 10.6. The Bertz CT molecular complexity index is 2380. The Hall–Kier alpha value is -5.70. The molecular weight excluding hydrogens is 811 g/mol. The highest BCUT2D eigenvalue weighted by atomic mass is 16.2. The highest BCUT2D eigenvalue weighted by Gasteiger charge is 2.52. The van der Waals surface area contributed by atoms with Crippen LogP contribution in [0.3, 0.4) is 0 Å². The number of rotatable bonds is 9. The van der Waals surface area contributed by atoms with Crippen LogP contribution in [0.1, 0.15) is 101 Å². The van der Waals surface area contributed by atoms with E-state index in [0.29, 0.717) is 64.3 Å². The van der Waals surface area contributed by atoms with E-state index >= 15 is 4.79 Å². The topological polar surface area (TPSA) is 201 Å². The van der Waals surface area contributed by atoms with E-state index in [0.717, 1.165) is 71.6 Å². The van der Waals surface area contributed by atoms with Crippen molar-refractivity contribution in [2.75, 3.05) is 20.1 Å². The lowest BCUT2D eigenvalue weighted by Crippen LogP contribution is -2.65. The average Bonchev–Trinajstić information content (AvgIpc) is 4.17. The molecule has 0 unspecified atom stereocenters. The number of nitrogens with zero attached hydrogens (tertiary/aromatic N) is 2. The van der Waals surface area contributed by atoms with Crippen molar-refractivity contribution in [3.63, 3.8) is 0 Å². The summed E-state index contributed by atoms with van der Waals surface area (Å²) in [7, 11) is 1.87. The van der Waals surface area contributed by atoms with E-state index in [9.17, 15) is 24.0 Å². The van der Waals surface area contributed by atoms with Crippen LogP contribution in [0.25, 0.3) is 21.8 Å². The number of aromatic amines is 2. The van der Waals surface area contributed by atoms with Gasteiger partial charge in [0.1, 0.15) is 35.7 Å². The smallest absolute Gasteiger partial charge is 0.246 e. The summed E-state index contributed by atoms with van der Waals surface area (Å²) in [5.74, 6) is -2.35. The molecule has 7 N–H and O–H groups in total. The Kier molecular flexibility index (Phi) is 12.8. The summed E-state index contributed by atoms with van der Waals surface area (Å²) < 4.78 is 0. The van der Waals surface area contributed by atoms with Crippen molar-refractivity contribution in [3.8, 4) is 0 Å². The summed E-state index contributed by atoms with van der Waals surface area (Å²) >= 11 is 0. The number of benzene rings is 2. The second-order valence-corrected chi connectivity index (χ2v) is 19.0. The molecule has 15 nitrogen and oxygen atoms in total. The van der Waals surface area contributed by atoms with Gasteiger partial charge in [-0.05, 0) is 107 Å². The largest absolute Gasteiger partial charge is 0.361 e. The van der Waals surface area contributed by atoms with Crippen molar-refractivity contribution in [2.24, 2.45) is 5.92 Å². The highest BCUT2D eigenvalue weighted by molar-refractivity contribution is 6.00. The summed E-state index contributed by atoms with van der Waals surface area (Å²) in [5, 5.41) is 17.4. The third-order valence-corrected chi connectivity index (χ3v) is 15.0. The van der Waals surface area contributed by atoms with Crippen LogP contribution in [0.2, 0.25) is 0 Å². The van der Waals surface area contributed by atoms with Gasteiger partial charge in [0.05, 0.1) is 0 Å². The number of para-hydroxylation sites is 2. The first-order valence-electron chi connectivity index (χ1n) is 23.7. The summed E-state index contributed by atoms with van der Waals surface area (Å²) in [4.78, 5) is 99.6. The Morgan fingerprint density at radius 2 is 1.30 bits per heavy atom. The van der Waals surface area contributed by atoms with Gasteiger partial charge in [0.2, 0.25) is 35.4 Å². The van der Waals surface area contributed by atoms with E-state index < -0.39 is 59.4 Å². The van der Waals surface area contributed by atoms with Crippen LogP contribution in [-0.2, 0) is 41.6 Å². The molecule has 6 amide bonds. The van der Waals surface area contributed by atoms with Gasteiger partial charge in [0, 0.05) is 59.6 Å². The Morgan fingerprint density at radius 1 is 0.656 bits per heavy atom. The molecule has 4 aromatic rings. The molecular formula is C49H63N9O6. The van der Waals surface area contributed by atoms with Gasteiger partial charge in [0.25, 0.3) is 0 Å². The number of fused-ring (bicyclic) bond motifs is 6. The average molecular weight is 874 g/mol. The van der Waals surface area contributed by atoms with Crippen LogP contribution in [0, 0.1) is 5.92 Å². The van der Waals surface area contributed by atoms with Crippen LogP contribution in [0.4, 0.5) is 0 Å². The predicted molar refractivity (Wildman–Crippen MR) is 243 cm³/mol. The minimum absolute atomic E-state index is 0.118. The molecule has 5 fully saturated rings. The number of hydrogen-bond donors (Lipinski definition) is 7. The standard InChI is InChI=1S/C49H63N9O6/c1-50-23-11-8-18-37-46(62)57-24-12-20-41(57)47(63)58-40-19-7-2-13-30(40)27-42(58)45(61)54-39(26-32-29-52-36-17-6-4-15-34(32)36)44(60)56-49(21-9-10-22-49)48(64)55-38(43(59)53-37)25-31-28-51-35-16-5-3-14-33(31)35/h3-6,14-17,28-30,37-42,50-52H,2,7-13,18-27H2,1H3,(H,53,59)(H,54,61)(H,55,64)(H,56,60)/t30-,37+,38+,39+,40-,41-,42-/m1/s1. The minimum Gasteiger partial charge on any atom is -0.361 e. The van der Waals surface area contributed by atoms with Crippen molar-refractivity contribution in [2.45, 2.75) is 145 Å². The summed E-state index contributed by atoms with van der Waals surface area (Å²) in [5.41, 5.74) is 2.05. The maximum atomic E-state index is 15.1. The Morgan fingerprint density at radius 3 is 1.98 bits per heavy atom. The fraction of sp³-hybridized carbons (Fsp3) is 0.551. The van der Waals surface area contributed by atoms with Crippen molar-refractivity contribution >= 4 is 57.2 Å². The number of H-pyrrole nitrogens is 2. The molecule has 15 heteroatoms. The third-order valence-electron chi connectivity index (χ3n) is 15.0. The first kappa shape index (κ1) is 43.5. The second-order valence-electron chi connectivity index (χ2n) is 19.0. The minimum atomic E-state index is -1.36. The lowest BCUT2D eigenvalue weighted by atomic mass is 9.84. The van der Waals surface area contributed by atoms with E-state index in [2.05, 4.69) is 36.6 Å². The van der Waals surface area contributed by atoms with Gasteiger partial charge < -0.3 is 46.4 Å². The fourth-order valence-corrected chi connectivity index (χ4v) is 11.6. The molecule has 0 radical (unpaired) electrons. The van der Waals surface area contributed by atoms with Crippen LogP contribution < -0.4 is 26.6 Å². The molecule has 3 aliphatic heterocycles. The van der Waals surface area contributed by atoms with E-state index in [4.69, 9.17) is 0 Å². The second kappa shape index (κ2) is 18.8. The van der Waals surface area contributed by atoms with Crippen LogP contribution >= 0.6 is 0 Å². The Balaban J connectivity index is 1.11. The molecule has 2 aromatic carbocycles. The Labute approximate surface area is 374 Å². The van der Waals surface area contributed by atoms with Crippen molar-refractivity contribution in [1.29, 1.82) is 0 Å². The number of amides is 6. The number of unbranched alkanes of at least 4 members (excludes halogenated alkanes) is 1. The fourth-order valence-electron chi connectivity index (χ4n) is 11.6. The number of carbonyl (C=O) groups excluding carboxylic acids is 6. The maximum absolute atomic E-state index is 15.1. The van der Waals surface area contributed by atoms with Crippen molar-refractivity contribution < 1.29 is 28.8 Å². The first-order valence-corrected chi connectivity index (χ1v) is 23.7. The molecule has 7 atom stereocenters. The first-order chi connectivity index (χ1) is 31.1. The normalized spacial score (nSPS) is 28.0. The van der Waals surface area contributed by atoms with Gasteiger partial charge >= 0.3 is 0 Å². The molecule has 340 valence electrons. The third kappa shape index (κ3) is 8.62. The van der Waals surface area contributed by atoms with Crippen LogP contribution in [0.15, 0.2) is 60.9 Å². The SMILES string of the molecule is CNCCCC[C@@H]1NC(=O)[C@H](Cc2c[nH]c3ccccc23)NC(=O)C2(CCCC2)NC(=O)[C@H](Cc2c[nH]c3ccccc23)NC(=O)[C@H]2C[C@H]3CCCC[C@H]3N2C(=O)[C@H]2CCCN2C1=O. The maximum Gasteiger partial charge on any atom is 0.246 e. The summed E-state index contributed by atoms with van der Waals surface area (Å²) in [6.07, 6.45) is 12.9. The predicted octanol–water partition coefficient (Wildman–Crippen LogP) is 3.87. The zero-order chi connectivity index (χ0) is 44.4. The molecule has 5 aliphatic rings. The number of hydrogen-bond acceptors (Lipinski definition) is 7. The van der Waals surface area contributed by atoms with Crippen molar-refractivity contribution in [1.82, 2.24) is 46.4 Å². The molecule has 1 spiro atoms. The molecule has 64 heavy (non-hydrogen) atoms. The number of carbonyl (C=O) groups is 6. The summed E-state index contributed by atoms with van der Waals surface area (Å²) in [6.45, 7) is 1.08. The number of aromatic nitrogens is 2. The quantitative estimate of drug-likeness (QED) is 0.124. The lowest BCUT2D eigenvalue weighted by molar-refractivity contribution is -0.150. The van der Waals surface area contributed by atoms with Gasteiger partial charge in [-0.15, -0.1) is 0 Å². The van der Waals surface area contributed by atoms with Gasteiger partial charge in [-0.3, -0.25) is 28.8 Å². The van der Waals surface area contributed by atoms with Crippen LogP contribution in [0.5, 0.6) is 0 Å². The number of nitrogens with one attached hydrogen (secondary N) is 7. The molecule has 2 aromatic heterocycles.